The van der Waals surface area contributed by atoms with E-state index in [0.717, 1.165) is 54.5 Å². The highest BCUT2D eigenvalue weighted by Crippen LogP contribution is 2.31. The Kier molecular flexibility index (Phi) is 6.42. The van der Waals surface area contributed by atoms with Gasteiger partial charge in [-0.15, -0.1) is 0 Å². The number of piperazine rings is 1. The minimum absolute atomic E-state index is 0.0830. The molecule has 7 heteroatoms. The van der Waals surface area contributed by atoms with Gasteiger partial charge in [-0.25, -0.2) is 0 Å². The van der Waals surface area contributed by atoms with E-state index in [1.165, 1.54) is 4.90 Å². The summed E-state index contributed by atoms with van der Waals surface area (Å²) in [5.74, 6) is 1.74. The van der Waals surface area contributed by atoms with Crippen molar-refractivity contribution in [3.05, 3.63) is 53.6 Å². The molecule has 31 heavy (non-hydrogen) atoms. The molecule has 0 bridgehead atoms. The lowest BCUT2D eigenvalue weighted by atomic mass is 10.1. The van der Waals surface area contributed by atoms with E-state index < -0.39 is 0 Å². The van der Waals surface area contributed by atoms with Crippen LogP contribution in [0.15, 0.2) is 42.5 Å². The quantitative estimate of drug-likeness (QED) is 0.702. The minimum atomic E-state index is 0.0830. The van der Waals surface area contributed by atoms with Crippen molar-refractivity contribution in [2.24, 2.45) is 0 Å². The number of carbonyl (C=O) groups is 2. The third kappa shape index (κ3) is 5.17. The molecule has 2 aliphatic rings. The number of carbonyl (C=O) groups excluding carboxylic acids is 2. The van der Waals surface area contributed by atoms with E-state index in [2.05, 4.69) is 4.90 Å². The second-order valence-electron chi connectivity index (χ2n) is 8.24. The molecule has 2 heterocycles. The fourth-order valence-corrected chi connectivity index (χ4v) is 4.06. The van der Waals surface area contributed by atoms with Crippen molar-refractivity contribution >= 4 is 17.4 Å². The number of anilines is 1. The van der Waals surface area contributed by atoms with Crippen LogP contribution in [0.2, 0.25) is 0 Å². The lowest BCUT2D eigenvalue weighted by Crippen LogP contribution is -3.15. The SMILES string of the molecule is CC(=O)c1ccc(N2CC[NH+](CC(=O)N(C)Cc3ccc4c(c3)OCCO4)CC2)cc1. The zero-order chi connectivity index (χ0) is 21.8. The van der Waals surface area contributed by atoms with Gasteiger partial charge in [-0.1, -0.05) is 6.07 Å². The van der Waals surface area contributed by atoms with Gasteiger partial charge in [0.05, 0.1) is 26.2 Å². The number of rotatable bonds is 6. The van der Waals surface area contributed by atoms with Crippen LogP contribution in [-0.2, 0) is 11.3 Å². The first-order chi connectivity index (χ1) is 15.0. The van der Waals surface area contributed by atoms with Gasteiger partial charge in [-0.3, -0.25) is 9.59 Å². The predicted octanol–water partition coefficient (Wildman–Crippen LogP) is 1.02. The van der Waals surface area contributed by atoms with Crippen LogP contribution in [0.5, 0.6) is 11.5 Å². The Balaban J connectivity index is 1.26. The normalized spacial score (nSPS) is 16.1. The molecule has 1 saturated heterocycles. The second-order valence-corrected chi connectivity index (χ2v) is 8.24. The molecule has 1 fully saturated rings. The van der Waals surface area contributed by atoms with E-state index in [0.29, 0.717) is 26.3 Å². The van der Waals surface area contributed by atoms with E-state index in [-0.39, 0.29) is 11.7 Å². The van der Waals surface area contributed by atoms with Gasteiger partial charge in [0.25, 0.3) is 5.91 Å². The first-order valence-electron chi connectivity index (χ1n) is 10.8. The molecule has 0 aliphatic carbocycles. The van der Waals surface area contributed by atoms with Gasteiger partial charge in [0, 0.05) is 24.8 Å². The van der Waals surface area contributed by atoms with Gasteiger partial charge in [0.15, 0.2) is 23.8 Å². The van der Waals surface area contributed by atoms with Gasteiger partial charge in [0.2, 0.25) is 0 Å². The summed E-state index contributed by atoms with van der Waals surface area (Å²) in [5, 5.41) is 0. The smallest absolute Gasteiger partial charge is 0.277 e. The number of amides is 1. The average Bonchev–Trinajstić information content (AvgIpc) is 2.79. The van der Waals surface area contributed by atoms with Crippen LogP contribution in [0.25, 0.3) is 0 Å². The number of benzene rings is 2. The fourth-order valence-electron chi connectivity index (χ4n) is 4.06. The standard InChI is InChI=1S/C24H29N3O4/c1-18(28)20-4-6-21(7-5-20)27-11-9-26(10-12-27)17-24(29)25(2)16-19-3-8-22-23(15-19)31-14-13-30-22/h3-8,15H,9-14,16-17H2,1-2H3/p+1. The first-order valence-corrected chi connectivity index (χ1v) is 10.8. The van der Waals surface area contributed by atoms with Crippen molar-refractivity contribution < 1.29 is 24.0 Å². The molecular weight excluding hydrogens is 394 g/mol. The predicted molar refractivity (Wildman–Crippen MR) is 118 cm³/mol. The molecule has 2 aromatic carbocycles. The minimum Gasteiger partial charge on any atom is -0.486 e. The molecule has 1 amide bonds. The molecule has 0 saturated carbocycles. The Hall–Kier alpha value is -3.06. The largest absolute Gasteiger partial charge is 0.486 e. The molecule has 2 aromatic rings. The van der Waals surface area contributed by atoms with Crippen molar-refractivity contribution in [1.82, 2.24) is 4.90 Å². The number of quaternary nitrogens is 1. The monoisotopic (exact) mass is 424 g/mol. The molecule has 164 valence electrons. The molecular formula is C24H30N3O4+. The van der Waals surface area contributed by atoms with Crippen LogP contribution in [0.3, 0.4) is 0 Å². The lowest BCUT2D eigenvalue weighted by Gasteiger charge is -2.34. The third-order valence-corrected chi connectivity index (χ3v) is 5.96. The molecule has 1 N–H and O–H groups in total. The number of ether oxygens (including phenoxy) is 2. The Labute approximate surface area is 183 Å². The number of likely N-dealkylation sites (N-methyl/N-ethyl adjacent to an activating group) is 1. The summed E-state index contributed by atoms with van der Waals surface area (Å²) >= 11 is 0. The van der Waals surface area contributed by atoms with Crippen molar-refractivity contribution in [2.75, 3.05) is 57.9 Å². The highest BCUT2D eigenvalue weighted by molar-refractivity contribution is 5.94. The van der Waals surface area contributed by atoms with E-state index in [1.807, 2.05) is 49.5 Å². The number of nitrogens with one attached hydrogen (secondary N) is 1. The maximum atomic E-state index is 12.8. The highest BCUT2D eigenvalue weighted by Gasteiger charge is 2.24. The maximum Gasteiger partial charge on any atom is 0.277 e. The summed E-state index contributed by atoms with van der Waals surface area (Å²) in [7, 11) is 1.85. The van der Waals surface area contributed by atoms with Crippen molar-refractivity contribution in [3.63, 3.8) is 0 Å². The number of hydrogen-bond donors (Lipinski definition) is 1. The molecule has 0 atom stereocenters. The summed E-state index contributed by atoms with van der Waals surface area (Å²) in [6.45, 7) is 7.39. The summed E-state index contributed by atoms with van der Waals surface area (Å²) in [4.78, 5) is 29.6. The van der Waals surface area contributed by atoms with E-state index in [1.54, 1.807) is 11.8 Å². The Morgan fingerprint density at radius 3 is 2.35 bits per heavy atom. The molecule has 4 rings (SSSR count). The first kappa shape index (κ1) is 21.2. The van der Waals surface area contributed by atoms with E-state index in [4.69, 9.17) is 9.47 Å². The van der Waals surface area contributed by atoms with Crippen LogP contribution in [0, 0.1) is 0 Å². The third-order valence-electron chi connectivity index (χ3n) is 5.96. The van der Waals surface area contributed by atoms with Crippen LogP contribution in [0.4, 0.5) is 5.69 Å². The summed E-state index contributed by atoms with van der Waals surface area (Å²) in [6.07, 6.45) is 0. The molecule has 0 spiro atoms. The zero-order valence-electron chi connectivity index (χ0n) is 18.2. The topological polar surface area (TPSA) is 63.5 Å². The van der Waals surface area contributed by atoms with Crippen molar-refractivity contribution in [2.45, 2.75) is 13.5 Å². The maximum absolute atomic E-state index is 12.8. The van der Waals surface area contributed by atoms with Crippen molar-refractivity contribution in [3.8, 4) is 11.5 Å². The lowest BCUT2D eigenvalue weighted by molar-refractivity contribution is -0.892. The van der Waals surface area contributed by atoms with Crippen molar-refractivity contribution in [1.29, 1.82) is 0 Å². The summed E-state index contributed by atoms with van der Waals surface area (Å²) < 4.78 is 11.2. The molecule has 2 aliphatic heterocycles. The zero-order valence-corrected chi connectivity index (χ0v) is 18.2. The Morgan fingerprint density at radius 1 is 1.00 bits per heavy atom. The van der Waals surface area contributed by atoms with Gasteiger partial charge >= 0.3 is 0 Å². The van der Waals surface area contributed by atoms with Crippen LogP contribution >= 0.6 is 0 Å². The van der Waals surface area contributed by atoms with Gasteiger partial charge in [-0.2, -0.15) is 0 Å². The molecule has 7 nitrogen and oxygen atoms in total. The summed E-state index contributed by atoms with van der Waals surface area (Å²) in [6, 6.07) is 13.6. The van der Waals surface area contributed by atoms with Crippen LogP contribution in [-0.4, -0.2) is 69.6 Å². The fraction of sp³-hybridized carbons (Fsp3) is 0.417. The van der Waals surface area contributed by atoms with Gasteiger partial charge < -0.3 is 24.2 Å². The number of fused-ring (bicyclic) bond motifs is 1. The number of ketones is 1. The van der Waals surface area contributed by atoms with Crippen LogP contribution < -0.4 is 19.3 Å². The Bertz CT molecular complexity index is 936. The Morgan fingerprint density at radius 2 is 1.68 bits per heavy atom. The molecule has 0 radical (unpaired) electrons. The second kappa shape index (κ2) is 9.39. The average molecular weight is 425 g/mol. The molecule has 0 unspecified atom stereocenters. The van der Waals surface area contributed by atoms with Crippen LogP contribution in [0.1, 0.15) is 22.8 Å². The number of Topliss-reactive ketones (excluding diaryl/α,β-unsaturated/α-hetero) is 1. The number of hydrogen-bond acceptors (Lipinski definition) is 5. The highest BCUT2D eigenvalue weighted by atomic mass is 16.6. The van der Waals surface area contributed by atoms with Gasteiger partial charge in [-0.05, 0) is 48.9 Å². The van der Waals surface area contributed by atoms with E-state index >= 15 is 0 Å². The summed E-state index contributed by atoms with van der Waals surface area (Å²) in [5.41, 5.74) is 2.90. The molecule has 0 aromatic heterocycles. The van der Waals surface area contributed by atoms with E-state index in [9.17, 15) is 9.59 Å². The number of nitrogens with zero attached hydrogens (tertiary/aromatic N) is 2. The van der Waals surface area contributed by atoms with Gasteiger partial charge in [0.1, 0.15) is 13.2 Å².